The molecule has 0 aliphatic heterocycles. The molecule has 0 atom stereocenters. The highest BCUT2D eigenvalue weighted by molar-refractivity contribution is 14.0. The molecule has 7 heteroatoms. The van der Waals surface area contributed by atoms with Crippen LogP contribution in [0.5, 0.6) is 0 Å². The first-order valence-electron chi connectivity index (χ1n) is 6.01. The van der Waals surface area contributed by atoms with E-state index in [1.807, 2.05) is 6.92 Å². The van der Waals surface area contributed by atoms with Crippen molar-refractivity contribution in [1.29, 1.82) is 0 Å². The molecule has 0 unspecified atom stereocenters. The Bertz CT molecular complexity index is 424. The van der Waals surface area contributed by atoms with Crippen molar-refractivity contribution in [2.45, 2.75) is 26.7 Å². The predicted octanol–water partition coefficient (Wildman–Crippen LogP) is 1.12. The van der Waals surface area contributed by atoms with Crippen LogP contribution in [-0.4, -0.2) is 35.7 Å². The Morgan fingerprint density at radius 1 is 1.47 bits per heavy atom. The van der Waals surface area contributed by atoms with E-state index in [0.717, 1.165) is 25.3 Å². The maximum Gasteiger partial charge on any atom is 0.226 e. The Morgan fingerprint density at radius 3 is 2.84 bits per heavy atom. The summed E-state index contributed by atoms with van der Waals surface area (Å²) in [6.07, 6.45) is 6.77. The number of nitrogens with zero attached hydrogens (tertiary/aromatic N) is 3. The third-order valence-electron chi connectivity index (χ3n) is 2.09. The number of aromatic nitrogens is 2. The van der Waals surface area contributed by atoms with Gasteiger partial charge in [0.1, 0.15) is 0 Å². The van der Waals surface area contributed by atoms with E-state index in [9.17, 15) is 0 Å². The number of hydrogen-bond acceptors (Lipinski definition) is 4. The second-order valence-corrected chi connectivity index (χ2v) is 3.66. The summed E-state index contributed by atoms with van der Waals surface area (Å²) in [6.45, 7) is 5.77. The summed E-state index contributed by atoms with van der Waals surface area (Å²) in [4.78, 5) is 8.51. The number of rotatable bonds is 6. The zero-order valence-corrected chi connectivity index (χ0v) is 13.6. The molecule has 0 aliphatic rings. The molecule has 6 nitrogen and oxygen atoms in total. The number of hydrogen-bond donors (Lipinski definition) is 2. The van der Waals surface area contributed by atoms with Gasteiger partial charge in [-0.05, 0) is 20.3 Å². The standard InChI is InChI=1S/C12H19N5O.HI/c1-4-8-14-12(13-5-2)15-9-6-7-11-16-10(3)17-18-11;/h1H,5-9H2,2-3H3,(H2,13,14,15);1H. The lowest BCUT2D eigenvalue weighted by Crippen LogP contribution is -2.37. The first-order chi connectivity index (χ1) is 8.76. The van der Waals surface area contributed by atoms with Gasteiger partial charge in [0.15, 0.2) is 11.8 Å². The quantitative estimate of drug-likeness (QED) is 0.256. The van der Waals surface area contributed by atoms with Crippen molar-refractivity contribution in [2.24, 2.45) is 4.99 Å². The monoisotopic (exact) mass is 377 g/mol. The first-order valence-corrected chi connectivity index (χ1v) is 6.01. The maximum atomic E-state index is 5.18. The van der Waals surface area contributed by atoms with Gasteiger partial charge < -0.3 is 15.2 Å². The topological polar surface area (TPSA) is 75.3 Å². The van der Waals surface area contributed by atoms with Crippen LogP contribution < -0.4 is 10.6 Å². The van der Waals surface area contributed by atoms with E-state index in [1.54, 1.807) is 6.92 Å². The van der Waals surface area contributed by atoms with Crippen molar-refractivity contribution in [3.05, 3.63) is 11.7 Å². The molecule has 1 aromatic heterocycles. The molecule has 0 aromatic carbocycles. The van der Waals surface area contributed by atoms with Crippen LogP contribution >= 0.6 is 24.0 Å². The lowest BCUT2D eigenvalue weighted by atomic mass is 10.3. The number of nitrogens with one attached hydrogen (secondary N) is 2. The zero-order chi connectivity index (χ0) is 13.2. The number of terminal acetylenes is 1. The van der Waals surface area contributed by atoms with Gasteiger partial charge >= 0.3 is 0 Å². The van der Waals surface area contributed by atoms with E-state index in [-0.39, 0.29) is 24.0 Å². The van der Waals surface area contributed by atoms with Gasteiger partial charge in [-0.25, -0.2) is 0 Å². The lowest BCUT2D eigenvalue weighted by Gasteiger charge is -2.08. The molecule has 2 N–H and O–H groups in total. The molecule has 0 bridgehead atoms. The smallest absolute Gasteiger partial charge is 0.226 e. The van der Waals surface area contributed by atoms with Gasteiger partial charge in [0.25, 0.3) is 0 Å². The van der Waals surface area contributed by atoms with E-state index < -0.39 is 0 Å². The molecule has 0 radical (unpaired) electrons. The second-order valence-electron chi connectivity index (χ2n) is 3.66. The highest BCUT2D eigenvalue weighted by Gasteiger charge is 2.01. The average Bonchev–Trinajstić information content (AvgIpc) is 2.77. The van der Waals surface area contributed by atoms with Crippen LogP contribution in [0.15, 0.2) is 9.52 Å². The van der Waals surface area contributed by atoms with Gasteiger partial charge in [-0.2, -0.15) is 4.98 Å². The number of halogens is 1. The van der Waals surface area contributed by atoms with Gasteiger partial charge in [0.05, 0.1) is 6.54 Å². The van der Waals surface area contributed by atoms with E-state index in [4.69, 9.17) is 10.9 Å². The highest BCUT2D eigenvalue weighted by Crippen LogP contribution is 1.99. The van der Waals surface area contributed by atoms with E-state index >= 15 is 0 Å². The fourth-order valence-electron chi connectivity index (χ4n) is 1.34. The Morgan fingerprint density at radius 2 is 2.26 bits per heavy atom. The molecule has 1 rings (SSSR count). The summed E-state index contributed by atoms with van der Waals surface area (Å²) >= 11 is 0. The number of guanidine groups is 1. The first kappa shape index (κ1) is 17.7. The maximum absolute atomic E-state index is 5.18. The molecule has 1 aromatic rings. The molecule has 1 heterocycles. The Kier molecular flexibility index (Phi) is 9.88. The Labute approximate surface area is 130 Å². The predicted molar refractivity (Wildman–Crippen MR) is 85.6 cm³/mol. The summed E-state index contributed by atoms with van der Waals surface area (Å²) in [5.41, 5.74) is 0. The van der Waals surface area contributed by atoms with Crippen molar-refractivity contribution in [2.75, 3.05) is 19.6 Å². The fourth-order valence-corrected chi connectivity index (χ4v) is 1.34. The van der Waals surface area contributed by atoms with Crippen LogP contribution in [-0.2, 0) is 6.42 Å². The largest absolute Gasteiger partial charge is 0.357 e. The van der Waals surface area contributed by atoms with Gasteiger partial charge in [0, 0.05) is 19.5 Å². The van der Waals surface area contributed by atoms with E-state index in [0.29, 0.717) is 24.8 Å². The van der Waals surface area contributed by atoms with Crippen molar-refractivity contribution in [1.82, 2.24) is 20.8 Å². The number of aryl methyl sites for hydroxylation is 2. The van der Waals surface area contributed by atoms with Crippen molar-refractivity contribution >= 4 is 29.9 Å². The van der Waals surface area contributed by atoms with Crippen molar-refractivity contribution in [3.63, 3.8) is 0 Å². The molecule has 0 amide bonds. The van der Waals surface area contributed by atoms with Crippen LogP contribution in [0.3, 0.4) is 0 Å². The second kappa shape index (κ2) is 10.6. The van der Waals surface area contributed by atoms with Crippen molar-refractivity contribution < 1.29 is 4.52 Å². The van der Waals surface area contributed by atoms with Crippen LogP contribution in [0.1, 0.15) is 25.1 Å². The summed E-state index contributed by atoms with van der Waals surface area (Å²) < 4.78 is 5.02. The minimum Gasteiger partial charge on any atom is -0.357 e. The van der Waals surface area contributed by atoms with Crippen LogP contribution in [0.2, 0.25) is 0 Å². The third kappa shape index (κ3) is 7.66. The summed E-state index contributed by atoms with van der Waals surface area (Å²) in [5.74, 6) is 4.56. The van der Waals surface area contributed by atoms with Crippen LogP contribution in [0, 0.1) is 19.3 Å². The van der Waals surface area contributed by atoms with E-state index in [1.165, 1.54) is 0 Å². The molecule has 0 fully saturated rings. The molecule has 19 heavy (non-hydrogen) atoms. The van der Waals surface area contributed by atoms with Gasteiger partial charge in [-0.15, -0.1) is 30.4 Å². The van der Waals surface area contributed by atoms with Crippen LogP contribution in [0.25, 0.3) is 0 Å². The lowest BCUT2D eigenvalue weighted by molar-refractivity contribution is 0.372. The van der Waals surface area contributed by atoms with E-state index in [2.05, 4.69) is 31.7 Å². The minimum atomic E-state index is 0. The normalized spacial score (nSPS) is 10.5. The highest BCUT2D eigenvalue weighted by atomic mass is 127. The molecule has 0 spiro atoms. The molecule has 106 valence electrons. The number of aliphatic imine (C=N–C) groups is 1. The molecule has 0 saturated carbocycles. The fraction of sp³-hybridized carbons (Fsp3) is 0.583. The summed E-state index contributed by atoms with van der Waals surface area (Å²) in [6, 6.07) is 0. The summed E-state index contributed by atoms with van der Waals surface area (Å²) in [5, 5.41) is 9.87. The molecular weight excluding hydrogens is 357 g/mol. The molecular formula is C12H20IN5O. The van der Waals surface area contributed by atoms with Crippen molar-refractivity contribution in [3.8, 4) is 12.3 Å². The Hall–Kier alpha value is -1.30. The van der Waals surface area contributed by atoms with Gasteiger partial charge in [0.2, 0.25) is 5.89 Å². The third-order valence-corrected chi connectivity index (χ3v) is 2.09. The van der Waals surface area contributed by atoms with Gasteiger partial charge in [-0.3, -0.25) is 4.99 Å². The minimum absolute atomic E-state index is 0. The van der Waals surface area contributed by atoms with Gasteiger partial charge in [-0.1, -0.05) is 11.1 Å². The Balaban J connectivity index is 0.00000324. The molecule has 0 saturated heterocycles. The van der Waals surface area contributed by atoms with Crippen LogP contribution in [0.4, 0.5) is 0 Å². The SMILES string of the molecule is C#CCNC(=NCCCc1nc(C)no1)NCC.I. The average molecular weight is 377 g/mol. The summed E-state index contributed by atoms with van der Waals surface area (Å²) in [7, 11) is 0. The zero-order valence-electron chi connectivity index (χ0n) is 11.3. The molecule has 0 aliphatic carbocycles.